The second kappa shape index (κ2) is 8.90. The molecule has 1 aliphatic carbocycles. The molecule has 1 saturated carbocycles. The maximum atomic E-state index is 16.4. The third kappa shape index (κ3) is 4.15. The van der Waals surface area contributed by atoms with Crippen LogP contribution in [0.1, 0.15) is 44.6 Å². The van der Waals surface area contributed by atoms with Gasteiger partial charge in [-0.1, -0.05) is 23.7 Å². The Morgan fingerprint density at radius 1 is 1.33 bits per heavy atom. The molecule has 2 aliphatic heterocycles. The Bertz CT molecular complexity index is 1370. The maximum Gasteiger partial charge on any atom is 0.406 e. The van der Waals surface area contributed by atoms with E-state index in [9.17, 15) is 18.9 Å². The van der Waals surface area contributed by atoms with Crippen molar-refractivity contribution in [1.29, 1.82) is 0 Å². The van der Waals surface area contributed by atoms with Crippen LogP contribution in [0.15, 0.2) is 46.1 Å². The number of ether oxygens (including phenoxy) is 2. The molecule has 0 bridgehead atoms. The Kier molecular flexibility index (Phi) is 6.26. The van der Waals surface area contributed by atoms with Gasteiger partial charge in [0, 0.05) is 30.8 Å². The molecular weight excluding hydrogens is 520 g/mol. The van der Waals surface area contributed by atoms with Crippen molar-refractivity contribution >= 4 is 25.3 Å². The lowest BCUT2D eigenvalue weighted by Crippen LogP contribution is -2.50. The first-order valence-electron chi connectivity index (χ1n) is 11.3. The number of fused-ring (bicyclic) bond motifs is 1. The van der Waals surface area contributed by atoms with Gasteiger partial charge in [-0.3, -0.25) is 28.2 Å². The van der Waals surface area contributed by atoms with Crippen molar-refractivity contribution in [1.82, 2.24) is 14.6 Å². The van der Waals surface area contributed by atoms with Crippen LogP contribution in [0.5, 0.6) is 0 Å². The number of hydrogen-bond donors (Lipinski definition) is 2. The molecule has 1 aromatic carbocycles. The average molecular weight is 544 g/mol. The van der Waals surface area contributed by atoms with Crippen molar-refractivity contribution in [3.8, 4) is 0 Å². The van der Waals surface area contributed by atoms with Crippen LogP contribution in [0.3, 0.4) is 0 Å². The number of halogens is 2. The first-order chi connectivity index (χ1) is 17.0. The fourth-order valence-electron chi connectivity index (χ4n) is 4.93. The fourth-order valence-corrected chi connectivity index (χ4v) is 6.88. The third-order valence-corrected chi connectivity index (χ3v) is 8.50. The van der Waals surface area contributed by atoms with E-state index < -0.39 is 60.8 Å². The van der Waals surface area contributed by atoms with Crippen LogP contribution < -0.4 is 16.3 Å². The molecule has 36 heavy (non-hydrogen) atoms. The SMILES string of the molecule is CC(=O)O[C@]12C(OP3(=O)NCCCC(c4cccc(Cl)c4)O3)[C@H]1O[C@@H](n1ccc(=O)[nH]c1=O)[C@]2(C)F. The molecule has 194 valence electrons. The summed E-state index contributed by atoms with van der Waals surface area (Å²) in [6, 6.07) is 7.96. The monoisotopic (exact) mass is 543 g/mol. The molecule has 0 radical (unpaired) electrons. The second-order valence-corrected chi connectivity index (χ2v) is 11.3. The largest absolute Gasteiger partial charge is 0.450 e. The number of nitrogens with zero attached hydrogens (tertiary/aromatic N) is 1. The molecule has 3 aliphatic rings. The van der Waals surface area contributed by atoms with Crippen LogP contribution in [-0.2, 0) is 27.9 Å². The molecule has 1 aromatic heterocycles. The van der Waals surface area contributed by atoms with Crippen molar-refractivity contribution in [2.24, 2.45) is 0 Å². The maximum absolute atomic E-state index is 16.4. The Balaban J connectivity index is 1.43. The third-order valence-electron chi connectivity index (χ3n) is 6.62. The summed E-state index contributed by atoms with van der Waals surface area (Å²) in [5, 5.41) is 3.24. The molecule has 14 heteroatoms. The number of carbonyl (C=O) groups is 1. The van der Waals surface area contributed by atoms with Crippen LogP contribution in [0.25, 0.3) is 0 Å². The highest BCUT2D eigenvalue weighted by atomic mass is 35.5. The fraction of sp³-hybridized carbons (Fsp3) is 0.500. The number of benzene rings is 1. The predicted molar refractivity (Wildman–Crippen MR) is 124 cm³/mol. The van der Waals surface area contributed by atoms with Gasteiger partial charge < -0.3 is 9.47 Å². The summed E-state index contributed by atoms with van der Waals surface area (Å²) in [5.74, 6) is -0.821. The summed E-state index contributed by atoms with van der Waals surface area (Å²) in [7, 11) is -4.04. The molecule has 3 unspecified atom stereocenters. The zero-order valence-corrected chi connectivity index (χ0v) is 21.0. The first-order valence-corrected chi connectivity index (χ1v) is 13.2. The lowest BCUT2D eigenvalue weighted by atomic mass is 9.97. The van der Waals surface area contributed by atoms with Crippen molar-refractivity contribution in [2.75, 3.05) is 6.54 Å². The number of aromatic amines is 1. The normalized spacial score (nSPS) is 37.7. The van der Waals surface area contributed by atoms with Gasteiger partial charge in [-0.2, -0.15) is 0 Å². The number of rotatable bonds is 5. The van der Waals surface area contributed by atoms with Gasteiger partial charge in [-0.15, -0.1) is 0 Å². The van der Waals surface area contributed by atoms with E-state index in [1.54, 1.807) is 24.3 Å². The Morgan fingerprint density at radius 2 is 2.11 bits per heavy atom. The highest BCUT2D eigenvalue weighted by Crippen LogP contribution is 2.68. The molecule has 0 spiro atoms. The standard InChI is InChI=1S/C22H24ClFN3O8P/c1-12(28)33-22-17(32-19(21(22,2)24)27-10-8-16(29)26-20(27)30)18(22)35-36(31)25-9-4-7-15(34-36)13-5-3-6-14(23)11-13/h3,5-6,8,10-11,15,17-19H,4,7,9H2,1-2H3,(H,25,31)(H,26,29,30)/t15?,17-,18?,19-,21+,22+,36?/m1/s1. The lowest BCUT2D eigenvalue weighted by Gasteiger charge is -2.33. The summed E-state index contributed by atoms with van der Waals surface area (Å²) < 4.78 is 53.7. The number of aromatic nitrogens is 2. The van der Waals surface area contributed by atoms with Crippen molar-refractivity contribution in [3.63, 3.8) is 0 Å². The zero-order valence-electron chi connectivity index (χ0n) is 19.3. The minimum absolute atomic E-state index is 0.301. The van der Waals surface area contributed by atoms with Crippen LogP contribution in [0, 0.1) is 0 Å². The van der Waals surface area contributed by atoms with Gasteiger partial charge in [0.05, 0.1) is 6.10 Å². The van der Waals surface area contributed by atoms with E-state index in [0.29, 0.717) is 30.0 Å². The van der Waals surface area contributed by atoms with E-state index in [-0.39, 0.29) is 0 Å². The molecule has 3 fully saturated rings. The molecule has 2 saturated heterocycles. The molecule has 2 aromatic rings. The Labute approximate surface area is 209 Å². The summed E-state index contributed by atoms with van der Waals surface area (Å²) in [5.41, 5.74) is -5.38. The molecule has 0 amide bonds. The highest BCUT2D eigenvalue weighted by Gasteiger charge is 2.88. The van der Waals surface area contributed by atoms with Gasteiger partial charge in [0.2, 0.25) is 5.60 Å². The molecule has 2 N–H and O–H groups in total. The summed E-state index contributed by atoms with van der Waals surface area (Å²) in [6.45, 7) is 2.48. The van der Waals surface area contributed by atoms with Gasteiger partial charge in [-0.05, 0) is 37.5 Å². The summed E-state index contributed by atoms with van der Waals surface area (Å²) in [6.07, 6.45) is -2.42. The molecule has 7 atom stereocenters. The van der Waals surface area contributed by atoms with E-state index >= 15 is 4.39 Å². The average Bonchev–Trinajstić information content (AvgIpc) is 3.37. The Morgan fingerprint density at radius 3 is 2.81 bits per heavy atom. The minimum atomic E-state index is -4.04. The smallest absolute Gasteiger partial charge is 0.406 e. The van der Waals surface area contributed by atoms with Crippen molar-refractivity contribution < 1.29 is 32.3 Å². The van der Waals surface area contributed by atoms with E-state index in [1.807, 2.05) is 4.98 Å². The lowest BCUT2D eigenvalue weighted by molar-refractivity contribution is -0.167. The van der Waals surface area contributed by atoms with Gasteiger partial charge in [0.15, 0.2) is 11.9 Å². The second-order valence-electron chi connectivity index (χ2n) is 9.11. The van der Waals surface area contributed by atoms with Crippen LogP contribution in [0.4, 0.5) is 4.39 Å². The van der Waals surface area contributed by atoms with E-state index in [1.165, 1.54) is 0 Å². The van der Waals surface area contributed by atoms with Crippen LogP contribution in [0.2, 0.25) is 5.02 Å². The van der Waals surface area contributed by atoms with Crippen molar-refractivity contribution in [3.05, 3.63) is 68.0 Å². The van der Waals surface area contributed by atoms with E-state index in [0.717, 1.165) is 30.7 Å². The van der Waals surface area contributed by atoms with Crippen LogP contribution in [-0.4, -0.2) is 45.5 Å². The zero-order chi connectivity index (χ0) is 25.9. The van der Waals surface area contributed by atoms with Gasteiger partial charge in [0.1, 0.15) is 12.2 Å². The Hall–Kier alpha value is -2.34. The quantitative estimate of drug-likeness (QED) is 0.430. The highest BCUT2D eigenvalue weighted by molar-refractivity contribution is 7.51. The van der Waals surface area contributed by atoms with Crippen molar-refractivity contribution in [2.45, 2.75) is 62.5 Å². The molecular formula is C22H24ClFN3O8P. The summed E-state index contributed by atoms with van der Waals surface area (Å²) in [4.78, 5) is 37.7. The van der Waals surface area contributed by atoms with Gasteiger partial charge >= 0.3 is 19.4 Å². The number of nitrogens with one attached hydrogen (secondary N) is 2. The number of H-pyrrole nitrogens is 1. The van der Waals surface area contributed by atoms with Gasteiger partial charge in [-0.25, -0.2) is 18.8 Å². The number of hydrogen-bond acceptors (Lipinski definition) is 8. The van der Waals surface area contributed by atoms with E-state index in [4.69, 9.17) is 30.1 Å². The molecule has 5 rings (SSSR count). The minimum Gasteiger partial charge on any atom is -0.450 e. The topological polar surface area (TPSA) is 138 Å². The summed E-state index contributed by atoms with van der Waals surface area (Å²) >= 11 is 6.10. The first kappa shape index (κ1) is 25.3. The van der Waals surface area contributed by atoms with E-state index in [2.05, 4.69) is 5.09 Å². The predicted octanol–water partition coefficient (Wildman–Crippen LogP) is 2.77. The molecule has 11 nitrogen and oxygen atoms in total. The number of esters is 1. The van der Waals surface area contributed by atoms with Gasteiger partial charge in [0.25, 0.3) is 5.56 Å². The van der Waals surface area contributed by atoms with Crippen LogP contribution >= 0.6 is 19.3 Å². The molecule has 3 heterocycles. The number of carbonyl (C=O) groups excluding carboxylic acids is 1. The number of alkyl halides is 1.